The molecule has 2 aromatic carbocycles. The summed E-state index contributed by atoms with van der Waals surface area (Å²) in [5, 5.41) is 9.99. The fraction of sp³-hybridized carbons (Fsp3) is 0.300. The van der Waals surface area contributed by atoms with Gasteiger partial charge in [-0.05, 0) is 24.1 Å². The minimum absolute atomic E-state index is 0.0101. The third kappa shape index (κ3) is 4.55. The van der Waals surface area contributed by atoms with Gasteiger partial charge in [0.25, 0.3) is 0 Å². The predicted molar refractivity (Wildman–Crippen MR) is 99.4 cm³/mol. The summed E-state index contributed by atoms with van der Waals surface area (Å²) in [5.41, 5.74) is 1.56. The van der Waals surface area contributed by atoms with Gasteiger partial charge in [0.2, 0.25) is 5.91 Å². The van der Waals surface area contributed by atoms with Crippen molar-refractivity contribution in [2.75, 3.05) is 6.54 Å². The molecule has 0 saturated carbocycles. The molecule has 0 unspecified atom stereocenters. The molecule has 1 amide bonds. The lowest BCUT2D eigenvalue weighted by Gasteiger charge is -2.24. The summed E-state index contributed by atoms with van der Waals surface area (Å²) in [6.45, 7) is 0.296. The van der Waals surface area contributed by atoms with Crippen LogP contribution in [-0.2, 0) is 11.2 Å². The highest BCUT2D eigenvalue weighted by Crippen LogP contribution is 2.24. The SMILES string of the molecule is O=C(C[C@@H]1C[C@@H](O)CN1C(=O)Cc1ccccc1)c1ccc(Br)cc1. The Balaban J connectivity index is 1.67. The van der Waals surface area contributed by atoms with Crippen LogP contribution in [0, 0.1) is 0 Å². The number of benzene rings is 2. The van der Waals surface area contributed by atoms with E-state index in [4.69, 9.17) is 0 Å². The predicted octanol–water partition coefficient (Wildman–Crippen LogP) is 3.23. The van der Waals surface area contributed by atoms with Crippen molar-refractivity contribution in [1.82, 2.24) is 4.90 Å². The molecular formula is C20H20BrNO3. The number of carbonyl (C=O) groups excluding carboxylic acids is 2. The van der Waals surface area contributed by atoms with Crippen molar-refractivity contribution in [3.63, 3.8) is 0 Å². The first-order valence-corrected chi connectivity index (χ1v) is 9.12. The third-order valence-electron chi connectivity index (χ3n) is 4.50. The van der Waals surface area contributed by atoms with E-state index in [0.717, 1.165) is 10.0 Å². The molecule has 1 fully saturated rings. The second-order valence-corrected chi connectivity index (χ2v) is 7.30. The van der Waals surface area contributed by atoms with Crippen LogP contribution in [0.4, 0.5) is 0 Å². The monoisotopic (exact) mass is 401 g/mol. The maximum absolute atomic E-state index is 12.6. The van der Waals surface area contributed by atoms with Crippen molar-refractivity contribution in [2.45, 2.75) is 31.4 Å². The molecule has 2 atom stereocenters. The Labute approximate surface area is 155 Å². The van der Waals surface area contributed by atoms with Gasteiger partial charge in [0.15, 0.2) is 5.78 Å². The quantitative estimate of drug-likeness (QED) is 0.782. The molecule has 25 heavy (non-hydrogen) atoms. The molecule has 130 valence electrons. The number of aliphatic hydroxyl groups is 1. The molecule has 0 bridgehead atoms. The number of Topliss-reactive ketones (excluding diaryl/α,β-unsaturated/α-hetero) is 1. The molecule has 5 heteroatoms. The summed E-state index contributed by atoms with van der Waals surface area (Å²) in [6.07, 6.45) is 0.404. The summed E-state index contributed by atoms with van der Waals surface area (Å²) in [5.74, 6) is -0.0551. The molecular weight excluding hydrogens is 382 g/mol. The molecule has 0 spiro atoms. The van der Waals surface area contributed by atoms with E-state index in [0.29, 0.717) is 18.5 Å². The van der Waals surface area contributed by atoms with Gasteiger partial charge in [-0.15, -0.1) is 0 Å². The molecule has 0 radical (unpaired) electrons. The van der Waals surface area contributed by atoms with Crippen LogP contribution in [0.5, 0.6) is 0 Å². The van der Waals surface area contributed by atoms with Crippen molar-refractivity contribution < 1.29 is 14.7 Å². The first-order valence-electron chi connectivity index (χ1n) is 8.33. The second-order valence-electron chi connectivity index (χ2n) is 6.39. The Morgan fingerprint density at radius 3 is 2.44 bits per heavy atom. The van der Waals surface area contributed by atoms with Crippen LogP contribution in [0.15, 0.2) is 59.1 Å². The minimum Gasteiger partial charge on any atom is -0.391 e. The topological polar surface area (TPSA) is 57.6 Å². The zero-order valence-corrected chi connectivity index (χ0v) is 15.4. The number of halogens is 1. The van der Waals surface area contributed by atoms with Crippen LogP contribution >= 0.6 is 15.9 Å². The van der Waals surface area contributed by atoms with Crippen molar-refractivity contribution in [2.24, 2.45) is 0 Å². The van der Waals surface area contributed by atoms with Gasteiger partial charge >= 0.3 is 0 Å². The summed E-state index contributed by atoms with van der Waals surface area (Å²) < 4.78 is 0.917. The number of nitrogens with zero attached hydrogens (tertiary/aromatic N) is 1. The van der Waals surface area contributed by atoms with E-state index < -0.39 is 6.10 Å². The van der Waals surface area contributed by atoms with Gasteiger partial charge in [-0.1, -0.05) is 58.4 Å². The first-order chi connectivity index (χ1) is 12.0. The van der Waals surface area contributed by atoms with Crippen LogP contribution in [0.2, 0.25) is 0 Å². The van der Waals surface area contributed by atoms with Gasteiger partial charge in [-0.3, -0.25) is 9.59 Å². The standard InChI is InChI=1S/C20H20BrNO3/c21-16-8-6-15(7-9-16)19(24)12-17-11-18(23)13-22(17)20(25)10-14-4-2-1-3-5-14/h1-9,17-18,23H,10-13H2/t17-,18+/m0/s1. The Bertz CT molecular complexity index is 745. The van der Waals surface area contributed by atoms with Gasteiger partial charge in [0.05, 0.1) is 12.5 Å². The second kappa shape index (κ2) is 7.93. The first kappa shape index (κ1) is 17.8. The maximum Gasteiger partial charge on any atom is 0.227 e. The number of rotatable bonds is 5. The lowest BCUT2D eigenvalue weighted by atomic mass is 10.0. The molecule has 4 nitrogen and oxygen atoms in total. The number of hydrogen-bond donors (Lipinski definition) is 1. The Morgan fingerprint density at radius 1 is 1.08 bits per heavy atom. The van der Waals surface area contributed by atoms with Crippen LogP contribution in [0.25, 0.3) is 0 Å². The Morgan fingerprint density at radius 2 is 1.76 bits per heavy atom. The molecule has 1 aliphatic heterocycles. The number of hydrogen-bond acceptors (Lipinski definition) is 3. The number of ketones is 1. The molecule has 3 rings (SSSR count). The minimum atomic E-state index is -0.567. The van der Waals surface area contributed by atoms with Crippen LogP contribution in [-0.4, -0.2) is 40.4 Å². The zero-order valence-electron chi connectivity index (χ0n) is 13.8. The van der Waals surface area contributed by atoms with E-state index in [1.807, 2.05) is 42.5 Å². The van der Waals surface area contributed by atoms with Crippen LogP contribution in [0.3, 0.4) is 0 Å². The summed E-state index contributed by atoms with van der Waals surface area (Å²) >= 11 is 3.35. The average Bonchev–Trinajstić information content (AvgIpc) is 2.97. The number of carbonyl (C=O) groups is 2. The van der Waals surface area contributed by atoms with Crippen molar-refractivity contribution >= 4 is 27.6 Å². The number of likely N-dealkylation sites (tertiary alicyclic amines) is 1. The lowest BCUT2D eigenvalue weighted by Crippen LogP contribution is -2.38. The van der Waals surface area contributed by atoms with Gasteiger partial charge < -0.3 is 10.0 Å². The van der Waals surface area contributed by atoms with Crippen LogP contribution < -0.4 is 0 Å². The van der Waals surface area contributed by atoms with E-state index in [1.165, 1.54) is 0 Å². The van der Waals surface area contributed by atoms with Crippen molar-refractivity contribution in [3.05, 3.63) is 70.2 Å². The maximum atomic E-state index is 12.6. The van der Waals surface area contributed by atoms with E-state index in [9.17, 15) is 14.7 Å². The molecule has 1 saturated heterocycles. The summed E-state index contributed by atoms with van der Waals surface area (Å²) in [7, 11) is 0. The number of aliphatic hydroxyl groups excluding tert-OH is 1. The molecule has 1 aliphatic rings. The molecule has 0 aromatic heterocycles. The third-order valence-corrected chi connectivity index (χ3v) is 5.03. The van der Waals surface area contributed by atoms with Gasteiger partial charge in [0.1, 0.15) is 0 Å². The van der Waals surface area contributed by atoms with Gasteiger partial charge in [-0.2, -0.15) is 0 Å². The van der Waals surface area contributed by atoms with Gasteiger partial charge in [-0.25, -0.2) is 0 Å². The van der Waals surface area contributed by atoms with Crippen molar-refractivity contribution in [1.29, 1.82) is 0 Å². The number of amides is 1. The van der Waals surface area contributed by atoms with Crippen LogP contribution in [0.1, 0.15) is 28.8 Å². The fourth-order valence-electron chi connectivity index (χ4n) is 3.23. The number of β-amino-alcohol motifs (C(OH)–C–C–N with tert-alkyl or cyclic N) is 1. The molecule has 2 aromatic rings. The Hall–Kier alpha value is -1.98. The zero-order chi connectivity index (χ0) is 17.8. The summed E-state index contributed by atoms with van der Waals surface area (Å²) in [6, 6.07) is 16.5. The Kier molecular flexibility index (Phi) is 5.66. The van der Waals surface area contributed by atoms with E-state index in [2.05, 4.69) is 15.9 Å². The van der Waals surface area contributed by atoms with E-state index >= 15 is 0 Å². The normalized spacial score (nSPS) is 19.8. The van der Waals surface area contributed by atoms with Crippen molar-refractivity contribution in [3.8, 4) is 0 Å². The molecule has 1 N–H and O–H groups in total. The van der Waals surface area contributed by atoms with Gasteiger partial charge in [0, 0.05) is 29.0 Å². The smallest absolute Gasteiger partial charge is 0.227 e. The summed E-state index contributed by atoms with van der Waals surface area (Å²) in [4.78, 5) is 26.8. The fourth-order valence-corrected chi connectivity index (χ4v) is 3.49. The molecule has 0 aliphatic carbocycles. The highest BCUT2D eigenvalue weighted by molar-refractivity contribution is 9.10. The van der Waals surface area contributed by atoms with E-state index in [1.54, 1.807) is 17.0 Å². The average molecular weight is 402 g/mol. The largest absolute Gasteiger partial charge is 0.391 e. The highest BCUT2D eigenvalue weighted by atomic mass is 79.9. The highest BCUT2D eigenvalue weighted by Gasteiger charge is 2.35. The lowest BCUT2D eigenvalue weighted by molar-refractivity contribution is -0.131. The molecule has 1 heterocycles. The van der Waals surface area contributed by atoms with E-state index in [-0.39, 0.29) is 30.6 Å².